The number of hydrogen-bond acceptors (Lipinski definition) is 3. The summed E-state index contributed by atoms with van der Waals surface area (Å²) >= 11 is 0. The number of H-pyrrole nitrogens is 1. The summed E-state index contributed by atoms with van der Waals surface area (Å²) in [7, 11) is 0. The van der Waals surface area contributed by atoms with Crippen molar-refractivity contribution < 1.29 is 4.79 Å². The first kappa shape index (κ1) is 12.9. The minimum absolute atomic E-state index is 0.0236. The van der Waals surface area contributed by atoms with E-state index in [0.717, 1.165) is 37.5 Å². The number of rotatable bonds is 2. The molecule has 0 aliphatic carbocycles. The summed E-state index contributed by atoms with van der Waals surface area (Å²) in [6.07, 6.45) is 4.61. The second-order valence-corrected chi connectivity index (χ2v) is 5.11. The van der Waals surface area contributed by atoms with E-state index in [1.807, 2.05) is 11.8 Å². The van der Waals surface area contributed by atoms with Crippen LogP contribution in [0.2, 0.25) is 0 Å². The number of nitrogens with one attached hydrogen (secondary N) is 1. The molecule has 1 saturated heterocycles. The molecule has 0 aromatic carbocycles. The Morgan fingerprint density at radius 3 is 2.89 bits per heavy atom. The van der Waals surface area contributed by atoms with Crippen LogP contribution in [0.15, 0.2) is 0 Å². The molecule has 1 aliphatic heterocycles. The Kier molecular flexibility index (Phi) is 3.89. The lowest BCUT2D eigenvalue weighted by Gasteiger charge is -2.20. The van der Waals surface area contributed by atoms with E-state index in [4.69, 9.17) is 5.73 Å². The summed E-state index contributed by atoms with van der Waals surface area (Å²) < 4.78 is 0. The number of anilines is 1. The van der Waals surface area contributed by atoms with E-state index in [1.165, 1.54) is 12.8 Å². The molecule has 1 aromatic heterocycles. The number of amides is 1. The molecule has 0 bridgehead atoms. The van der Waals surface area contributed by atoms with Gasteiger partial charge >= 0.3 is 0 Å². The third-order valence-corrected chi connectivity index (χ3v) is 3.90. The van der Waals surface area contributed by atoms with Crippen molar-refractivity contribution >= 4 is 11.7 Å². The average Bonchev–Trinajstić information content (AvgIpc) is 2.58. The molecule has 5 heteroatoms. The standard InChI is InChI=1S/C13H22N4O/c1-3-10-5-4-7-17(8-6-10)13(18)11-9(2)15-16-12(11)14/h10H,3-8H2,1-2H3,(H3,14,15,16). The number of aromatic nitrogens is 2. The Labute approximate surface area is 108 Å². The quantitative estimate of drug-likeness (QED) is 0.842. The molecule has 1 atom stereocenters. The molecule has 100 valence electrons. The monoisotopic (exact) mass is 250 g/mol. The molecular weight excluding hydrogens is 228 g/mol. The molecule has 1 aromatic rings. The van der Waals surface area contributed by atoms with E-state index >= 15 is 0 Å². The van der Waals surface area contributed by atoms with E-state index in [9.17, 15) is 4.79 Å². The summed E-state index contributed by atoms with van der Waals surface area (Å²) in [5.74, 6) is 1.09. The minimum Gasteiger partial charge on any atom is -0.382 e. The molecule has 0 saturated carbocycles. The highest BCUT2D eigenvalue weighted by atomic mass is 16.2. The maximum atomic E-state index is 12.4. The fourth-order valence-corrected chi connectivity index (χ4v) is 2.65. The second-order valence-electron chi connectivity index (χ2n) is 5.11. The smallest absolute Gasteiger partial charge is 0.259 e. The van der Waals surface area contributed by atoms with Gasteiger partial charge in [-0.2, -0.15) is 5.10 Å². The van der Waals surface area contributed by atoms with Crippen LogP contribution in [-0.4, -0.2) is 34.1 Å². The van der Waals surface area contributed by atoms with Crippen LogP contribution >= 0.6 is 0 Å². The number of nitrogen functional groups attached to an aromatic ring is 1. The van der Waals surface area contributed by atoms with Gasteiger partial charge in [0.05, 0.1) is 0 Å². The molecule has 2 rings (SSSR count). The van der Waals surface area contributed by atoms with Crippen molar-refractivity contribution in [1.29, 1.82) is 0 Å². The average molecular weight is 250 g/mol. The maximum absolute atomic E-state index is 12.4. The van der Waals surface area contributed by atoms with Crippen molar-refractivity contribution in [2.24, 2.45) is 5.92 Å². The lowest BCUT2D eigenvalue weighted by Crippen LogP contribution is -2.32. The number of aryl methyl sites for hydroxylation is 1. The highest BCUT2D eigenvalue weighted by Crippen LogP contribution is 2.23. The van der Waals surface area contributed by atoms with Crippen LogP contribution in [0.4, 0.5) is 5.82 Å². The van der Waals surface area contributed by atoms with Crippen LogP contribution in [0.5, 0.6) is 0 Å². The van der Waals surface area contributed by atoms with Crippen LogP contribution in [0, 0.1) is 12.8 Å². The summed E-state index contributed by atoms with van der Waals surface area (Å²) in [5.41, 5.74) is 7.06. The van der Waals surface area contributed by atoms with Gasteiger partial charge in [-0.3, -0.25) is 9.89 Å². The van der Waals surface area contributed by atoms with Crippen LogP contribution in [0.3, 0.4) is 0 Å². The predicted octanol–water partition coefficient (Wildman–Crippen LogP) is 1.95. The Morgan fingerprint density at radius 2 is 2.28 bits per heavy atom. The fourth-order valence-electron chi connectivity index (χ4n) is 2.65. The normalized spacial score (nSPS) is 20.8. The van der Waals surface area contributed by atoms with Crippen molar-refractivity contribution in [3.63, 3.8) is 0 Å². The first-order chi connectivity index (χ1) is 8.63. The van der Waals surface area contributed by atoms with Gasteiger partial charge in [0.1, 0.15) is 5.56 Å². The summed E-state index contributed by atoms with van der Waals surface area (Å²) in [6.45, 7) is 5.73. The number of aromatic amines is 1. The highest BCUT2D eigenvalue weighted by Gasteiger charge is 2.24. The Bertz CT molecular complexity index is 407. The van der Waals surface area contributed by atoms with Gasteiger partial charge in [0, 0.05) is 18.8 Å². The maximum Gasteiger partial charge on any atom is 0.259 e. The molecular formula is C13H22N4O. The van der Waals surface area contributed by atoms with Crippen molar-refractivity contribution in [3.8, 4) is 0 Å². The lowest BCUT2D eigenvalue weighted by molar-refractivity contribution is 0.0760. The number of nitrogens with two attached hydrogens (primary N) is 1. The van der Waals surface area contributed by atoms with E-state index in [0.29, 0.717) is 11.4 Å². The summed E-state index contributed by atoms with van der Waals surface area (Å²) in [6, 6.07) is 0. The van der Waals surface area contributed by atoms with Crippen LogP contribution in [0.25, 0.3) is 0 Å². The van der Waals surface area contributed by atoms with Crippen LogP contribution < -0.4 is 5.73 Å². The third kappa shape index (κ3) is 2.49. The number of carbonyl (C=O) groups excluding carboxylic acids is 1. The number of likely N-dealkylation sites (tertiary alicyclic amines) is 1. The minimum atomic E-state index is 0.0236. The predicted molar refractivity (Wildman–Crippen MR) is 71.3 cm³/mol. The Balaban J connectivity index is 2.10. The third-order valence-electron chi connectivity index (χ3n) is 3.90. The van der Waals surface area contributed by atoms with Crippen LogP contribution in [-0.2, 0) is 0 Å². The number of hydrogen-bond donors (Lipinski definition) is 2. The molecule has 5 nitrogen and oxygen atoms in total. The Hall–Kier alpha value is -1.52. The molecule has 1 fully saturated rings. The van der Waals surface area contributed by atoms with Crippen LogP contribution in [0.1, 0.15) is 48.7 Å². The van der Waals surface area contributed by atoms with Gasteiger partial charge in [0.2, 0.25) is 0 Å². The SMILES string of the molecule is CCC1CCCN(C(=O)c2c(N)n[nH]c2C)CC1. The zero-order chi connectivity index (χ0) is 13.1. The van der Waals surface area contributed by atoms with Gasteiger partial charge in [0.15, 0.2) is 5.82 Å². The first-order valence-corrected chi connectivity index (χ1v) is 6.73. The van der Waals surface area contributed by atoms with Gasteiger partial charge in [-0.25, -0.2) is 0 Å². The van der Waals surface area contributed by atoms with Crippen molar-refractivity contribution in [3.05, 3.63) is 11.3 Å². The molecule has 3 N–H and O–H groups in total. The zero-order valence-corrected chi connectivity index (χ0v) is 11.2. The van der Waals surface area contributed by atoms with Gasteiger partial charge in [-0.05, 0) is 32.1 Å². The first-order valence-electron chi connectivity index (χ1n) is 6.73. The van der Waals surface area contributed by atoms with E-state index in [2.05, 4.69) is 17.1 Å². The van der Waals surface area contributed by atoms with Gasteiger partial charge in [-0.15, -0.1) is 0 Å². The molecule has 0 spiro atoms. The molecule has 0 radical (unpaired) electrons. The molecule has 1 aliphatic rings. The lowest BCUT2D eigenvalue weighted by atomic mass is 9.98. The van der Waals surface area contributed by atoms with Gasteiger partial charge in [0.25, 0.3) is 5.91 Å². The van der Waals surface area contributed by atoms with E-state index in [1.54, 1.807) is 0 Å². The number of nitrogens with zero attached hydrogens (tertiary/aromatic N) is 2. The summed E-state index contributed by atoms with van der Waals surface area (Å²) in [5, 5.41) is 6.66. The Morgan fingerprint density at radius 1 is 1.50 bits per heavy atom. The van der Waals surface area contributed by atoms with Crippen molar-refractivity contribution in [1.82, 2.24) is 15.1 Å². The van der Waals surface area contributed by atoms with Crippen molar-refractivity contribution in [2.45, 2.75) is 39.5 Å². The second kappa shape index (κ2) is 5.42. The zero-order valence-electron chi connectivity index (χ0n) is 11.2. The molecule has 1 amide bonds. The van der Waals surface area contributed by atoms with Crippen molar-refractivity contribution in [2.75, 3.05) is 18.8 Å². The molecule has 1 unspecified atom stereocenters. The van der Waals surface area contributed by atoms with Gasteiger partial charge < -0.3 is 10.6 Å². The molecule has 2 heterocycles. The largest absolute Gasteiger partial charge is 0.382 e. The topological polar surface area (TPSA) is 75.0 Å². The van der Waals surface area contributed by atoms with E-state index < -0.39 is 0 Å². The fraction of sp³-hybridized carbons (Fsp3) is 0.692. The summed E-state index contributed by atoms with van der Waals surface area (Å²) in [4.78, 5) is 14.4. The van der Waals surface area contributed by atoms with E-state index in [-0.39, 0.29) is 5.91 Å². The highest BCUT2D eigenvalue weighted by molar-refractivity contribution is 5.99. The van der Waals surface area contributed by atoms with Gasteiger partial charge in [-0.1, -0.05) is 13.3 Å². The number of carbonyl (C=O) groups is 1. The molecule has 18 heavy (non-hydrogen) atoms.